The molecular weight excluding hydrogens is 334 g/mol. The average molecular weight is 353 g/mol. The number of sulfonamides is 1. The van der Waals surface area contributed by atoms with E-state index in [-0.39, 0.29) is 22.4 Å². The second kappa shape index (κ2) is 7.56. The summed E-state index contributed by atoms with van der Waals surface area (Å²) in [5, 5.41) is 4.73. The van der Waals surface area contributed by atoms with Crippen molar-refractivity contribution < 1.29 is 13.2 Å². The van der Waals surface area contributed by atoms with E-state index in [0.29, 0.717) is 18.2 Å². The fourth-order valence-corrected chi connectivity index (χ4v) is 3.74. The summed E-state index contributed by atoms with van der Waals surface area (Å²) in [7, 11) is -3.65. The van der Waals surface area contributed by atoms with Gasteiger partial charge < -0.3 is 5.32 Å². The van der Waals surface area contributed by atoms with Crippen LogP contribution in [0.15, 0.2) is 40.6 Å². The lowest BCUT2D eigenvalue weighted by molar-refractivity contribution is -0.120. The quantitative estimate of drug-likeness (QED) is 0.799. The SMILES string of the molecule is CC(C)CNC(=O)Cc1csc(NS(=O)(=O)c2ccccc2)n1. The Morgan fingerprint density at radius 3 is 2.61 bits per heavy atom. The predicted octanol–water partition coefficient (Wildman–Crippen LogP) is 2.26. The molecule has 0 atom stereocenters. The lowest BCUT2D eigenvalue weighted by Gasteiger charge is -2.06. The van der Waals surface area contributed by atoms with Gasteiger partial charge in [0.25, 0.3) is 10.0 Å². The van der Waals surface area contributed by atoms with E-state index in [1.165, 1.54) is 12.1 Å². The second-order valence-electron chi connectivity index (χ2n) is 5.44. The zero-order valence-corrected chi connectivity index (χ0v) is 14.6. The third kappa shape index (κ3) is 5.33. The van der Waals surface area contributed by atoms with Crippen LogP contribution in [-0.4, -0.2) is 25.9 Å². The summed E-state index contributed by atoms with van der Waals surface area (Å²) in [5.74, 6) is 0.254. The molecule has 0 aliphatic rings. The normalized spacial score (nSPS) is 11.4. The van der Waals surface area contributed by atoms with E-state index in [1.807, 2.05) is 13.8 Å². The summed E-state index contributed by atoms with van der Waals surface area (Å²) in [5.41, 5.74) is 0.544. The molecular formula is C15H19N3O3S2. The molecule has 0 saturated heterocycles. The topological polar surface area (TPSA) is 88.2 Å². The highest BCUT2D eigenvalue weighted by Gasteiger charge is 2.16. The summed E-state index contributed by atoms with van der Waals surface area (Å²) in [6.45, 7) is 4.63. The van der Waals surface area contributed by atoms with Crippen LogP contribution in [0.2, 0.25) is 0 Å². The van der Waals surface area contributed by atoms with Crippen molar-refractivity contribution in [3.05, 3.63) is 41.4 Å². The number of nitrogens with one attached hydrogen (secondary N) is 2. The Hall–Kier alpha value is -1.93. The second-order valence-corrected chi connectivity index (χ2v) is 7.98. The number of nitrogens with zero attached hydrogens (tertiary/aromatic N) is 1. The van der Waals surface area contributed by atoms with Gasteiger partial charge in [0.1, 0.15) is 0 Å². The van der Waals surface area contributed by atoms with E-state index in [9.17, 15) is 13.2 Å². The largest absolute Gasteiger partial charge is 0.356 e. The van der Waals surface area contributed by atoms with Crippen LogP contribution >= 0.6 is 11.3 Å². The van der Waals surface area contributed by atoms with E-state index in [4.69, 9.17) is 0 Å². The lowest BCUT2D eigenvalue weighted by Crippen LogP contribution is -2.28. The molecule has 0 bridgehead atoms. The van der Waals surface area contributed by atoms with Crippen LogP contribution in [0.4, 0.5) is 5.13 Å². The molecule has 1 aromatic heterocycles. The number of hydrogen-bond donors (Lipinski definition) is 2. The fraction of sp³-hybridized carbons (Fsp3) is 0.333. The zero-order chi connectivity index (χ0) is 16.9. The number of amides is 1. The molecule has 8 heteroatoms. The molecule has 0 aliphatic heterocycles. The number of anilines is 1. The van der Waals surface area contributed by atoms with Crippen LogP contribution in [0, 0.1) is 5.92 Å². The van der Waals surface area contributed by atoms with E-state index in [0.717, 1.165) is 11.3 Å². The van der Waals surface area contributed by atoms with E-state index >= 15 is 0 Å². The van der Waals surface area contributed by atoms with Gasteiger partial charge in [0, 0.05) is 11.9 Å². The molecule has 6 nitrogen and oxygen atoms in total. The predicted molar refractivity (Wildman–Crippen MR) is 90.9 cm³/mol. The Labute approximate surface area is 140 Å². The molecule has 0 unspecified atom stereocenters. The summed E-state index contributed by atoms with van der Waals surface area (Å²) in [6.07, 6.45) is 0.135. The van der Waals surface area contributed by atoms with E-state index in [2.05, 4.69) is 15.0 Å². The highest BCUT2D eigenvalue weighted by Crippen LogP contribution is 2.20. The minimum atomic E-state index is -3.65. The molecule has 0 radical (unpaired) electrons. The van der Waals surface area contributed by atoms with Gasteiger partial charge in [0.2, 0.25) is 5.91 Å². The first-order chi connectivity index (χ1) is 10.9. The number of aromatic nitrogens is 1. The van der Waals surface area contributed by atoms with Crippen molar-refractivity contribution in [3.63, 3.8) is 0 Å². The maximum absolute atomic E-state index is 12.2. The first-order valence-corrected chi connectivity index (χ1v) is 9.52. The van der Waals surface area contributed by atoms with Crippen molar-refractivity contribution in [2.24, 2.45) is 5.92 Å². The summed E-state index contributed by atoms with van der Waals surface area (Å²) in [6, 6.07) is 8.07. The molecule has 1 aromatic carbocycles. The summed E-state index contributed by atoms with van der Waals surface area (Å²) >= 11 is 1.16. The van der Waals surface area contributed by atoms with Gasteiger partial charge in [-0.15, -0.1) is 11.3 Å². The van der Waals surface area contributed by atoms with Crippen LogP contribution in [0.1, 0.15) is 19.5 Å². The minimum absolute atomic E-state index is 0.124. The molecule has 0 spiro atoms. The molecule has 0 fully saturated rings. The lowest BCUT2D eigenvalue weighted by atomic mass is 10.2. The van der Waals surface area contributed by atoms with Crippen LogP contribution in [0.3, 0.4) is 0 Å². The van der Waals surface area contributed by atoms with Gasteiger partial charge in [0.05, 0.1) is 17.0 Å². The molecule has 2 rings (SSSR count). The maximum Gasteiger partial charge on any atom is 0.263 e. The molecule has 0 aliphatic carbocycles. The van der Waals surface area contributed by atoms with Crippen LogP contribution in [0.25, 0.3) is 0 Å². The monoisotopic (exact) mass is 353 g/mol. The number of hydrogen-bond acceptors (Lipinski definition) is 5. The van der Waals surface area contributed by atoms with Gasteiger partial charge >= 0.3 is 0 Å². The average Bonchev–Trinajstić information content (AvgIpc) is 2.92. The first-order valence-electron chi connectivity index (χ1n) is 7.16. The minimum Gasteiger partial charge on any atom is -0.356 e. The van der Waals surface area contributed by atoms with Gasteiger partial charge in [-0.2, -0.15) is 0 Å². The van der Waals surface area contributed by atoms with Crippen molar-refractivity contribution in [1.82, 2.24) is 10.3 Å². The third-order valence-corrected chi connectivity index (χ3v) is 5.17. The van der Waals surface area contributed by atoms with Gasteiger partial charge in [-0.3, -0.25) is 9.52 Å². The number of thiazole rings is 1. The Kier molecular flexibility index (Phi) is 5.73. The first kappa shape index (κ1) is 17.4. The van der Waals surface area contributed by atoms with Crippen molar-refractivity contribution in [2.45, 2.75) is 25.2 Å². The Morgan fingerprint density at radius 1 is 1.26 bits per heavy atom. The number of carbonyl (C=O) groups excluding carboxylic acids is 1. The summed E-state index contributed by atoms with van der Waals surface area (Å²) in [4.78, 5) is 16.1. The maximum atomic E-state index is 12.2. The Balaban J connectivity index is 1.98. The zero-order valence-electron chi connectivity index (χ0n) is 12.9. The van der Waals surface area contributed by atoms with Crippen LogP contribution < -0.4 is 10.0 Å². The van der Waals surface area contributed by atoms with Crippen molar-refractivity contribution in [2.75, 3.05) is 11.3 Å². The molecule has 2 aromatic rings. The standard InChI is InChI=1S/C15H19N3O3S2/c1-11(2)9-16-14(19)8-12-10-22-15(17-12)18-23(20,21)13-6-4-3-5-7-13/h3-7,10-11H,8-9H2,1-2H3,(H,16,19)(H,17,18). The molecule has 2 N–H and O–H groups in total. The van der Waals surface area contributed by atoms with Gasteiger partial charge in [-0.25, -0.2) is 13.4 Å². The molecule has 1 amide bonds. The van der Waals surface area contributed by atoms with Crippen LogP contribution in [0.5, 0.6) is 0 Å². The van der Waals surface area contributed by atoms with E-state index < -0.39 is 10.0 Å². The molecule has 1 heterocycles. The van der Waals surface area contributed by atoms with Gasteiger partial charge in [0.15, 0.2) is 5.13 Å². The highest BCUT2D eigenvalue weighted by molar-refractivity contribution is 7.93. The number of carbonyl (C=O) groups is 1. The Bertz CT molecular complexity index is 755. The number of benzene rings is 1. The smallest absolute Gasteiger partial charge is 0.263 e. The van der Waals surface area contributed by atoms with E-state index in [1.54, 1.807) is 23.6 Å². The third-order valence-electron chi connectivity index (χ3n) is 2.88. The van der Waals surface area contributed by atoms with Crippen molar-refractivity contribution >= 4 is 32.4 Å². The van der Waals surface area contributed by atoms with Crippen molar-refractivity contribution in [1.29, 1.82) is 0 Å². The van der Waals surface area contributed by atoms with Gasteiger partial charge in [-0.05, 0) is 18.1 Å². The van der Waals surface area contributed by atoms with Gasteiger partial charge in [-0.1, -0.05) is 32.0 Å². The molecule has 124 valence electrons. The fourth-order valence-electron chi connectivity index (χ4n) is 1.75. The Morgan fingerprint density at radius 2 is 1.96 bits per heavy atom. The van der Waals surface area contributed by atoms with Crippen LogP contribution in [-0.2, 0) is 21.2 Å². The molecule has 23 heavy (non-hydrogen) atoms. The summed E-state index contributed by atoms with van der Waals surface area (Å²) < 4.78 is 26.8. The molecule has 0 saturated carbocycles. The highest BCUT2D eigenvalue weighted by atomic mass is 32.2. The number of rotatable bonds is 7. The van der Waals surface area contributed by atoms with Crippen molar-refractivity contribution in [3.8, 4) is 0 Å².